The zero-order valence-electron chi connectivity index (χ0n) is 16.1. The molecule has 0 bridgehead atoms. The molecule has 154 valence electrons. The molecule has 0 unspecified atom stereocenters. The van der Waals surface area contributed by atoms with E-state index in [0.29, 0.717) is 17.0 Å². The predicted molar refractivity (Wildman–Crippen MR) is 115 cm³/mol. The van der Waals surface area contributed by atoms with E-state index in [1.165, 1.54) is 39.9 Å². The van der Waals surface area contributed by atoms with Crippen LogP contribution in [0.5, 0.6) is 0 Å². The molecule has 1 atom stereocenters. The van der Waals surface area contributed by atoms with Crippen molar-refractivity contribution < 1.29 is 22.7 Å². The lowest BCUT2D eigenvalue weighted by molar-refractivity contribution is 0.0475. The van der Waals surface area contributed by atoms with E-state index in [4.69, 9.17) is 4.74 Å². The van der Waals surface area contributed by atoms with Crippen LogP contribution in [0.2, 0.25) is 0 Å². The molecule has 2 aromatic carbocycles. The zero-order chi connectivity index (χ0) is 21.3. The first kappa shape index (κ1) is 20.3. The average molecular weight is 442 g/mol. The molecule has 1 aliphatic heterocycles. The molecule has 0 spiro atoms. The van der Waals surface area contributed by atoms with Gasteiger partial charge in [0.15, 0.2) is 6.61 Å². The number of para-hydroxylation sites is 1. The second-order valence-corrected chi connectivity index (χ2v) is 9.75. The Balaban J connectivity index is 1.55. The van der Waals surface area contributed by atoms with Gasteiger partial charge < -0.3 is 4.74 Å². The summed E-state index contributed by atoms with van der Waals surface area (Å²) in [4.78, 5) is 24.9. The summed E-state index contributed by atoms with van der Waals surface area (Å²) in [5, 5.41) is 1.76. The second kappa shape index (κ2) is 8.04. The summed E-state index contributed by atoms with van der Waals surface area (Å²) in [6, 6.07) is 16.3. The van der Waals surface area contributed by atoms with Crippen LogP contribution in [-0.2, 0) is 21.2 Å². The van der Waals surface area contributed by atoms with Gasteiger partial charge in [-0.25, -0.2) is 13.2 Å². The summed E-state index contributed by atoms with van der Waals surface area (Å²) in [7, 11) is -3.86. The molecule has 6 nitrogen and oxygen atoms in total. The molecular formula is C22H19NO5S2. The third-order valence-corrected chi connectivity index (χ3v) is 7.74. The molecule has 8 heteroatoms. The van der Waals surface area contributed by atoms with Crippen LogP contribution in [0.15, 0.2) is 70.9 Å². The van der Waals surface area contributed by atoms with Gasteiger partial charge in [0.2, 0.25) is 5.78 Å². The maximum Gasteiger partial charge on any atom is 0.338 e. The normalized spacial score (nSPS) is 15.6. The number of anilines is 1. The fraction of sp³-hybridized carbons (Fsp3) is 0.182. The highest BCUT2D eigenvalue weighted by Crippen LogP contribution is 2.36. The molecule has 1 aliphatic rings. The van der Waals surface area contributed by atoms with Gasteiger partial charge >= 0.3 is 5.97 Å². The van der Waals surface area contributed by atoms with E-state index < -0.39 is 22.6 Å². The van der Waals surface area contributed by atoms with E-state index in [-0.39, 0.29) is 22.3 Å². The topological polar surface area (TPSA) is 80.8 Å². The SMILES string of the molecule is C[C@@H]1Cc2ccccc2N1S(=O)(=O)c1cccc(C(=O)OCC(=O)c2cccs2)c1. The van der Waals surface area contributed by atoms with Gasteiger partial charge in [-0.15, -0.1) is 11.3 Å². The van der Waals surface area contributed by atoms with Crippen molar-refractivity contribution in [2.45, 2.75) is 24.3 Å². The van der Waals surface area contributed by atoms with Crippen molar-refractivity contribution >= 4 is 38.8 Å². The molecule has 1 aromatic heterocycles. The lowest BCUT2D eigenvalue weighted by Crippen LogP contribution is -2.35. The number of fused-ring (bicyclic) bond motifs is 1. The highest BCUT2D eigenvalue weighted by Gasteiger charge is 2.36. The van der Waals surface area contributed by atoms with Gasteiger partial charge in [0, 0.05) is 6.04 Å². The second-order valence-electron chi connectivity index (χ2n) is 6.99. The monoisotopic (exact) mass is 441 g/mol. The molecule has 0 N–H and O–H groups in total. The predicted octanol–water partition coefficient (Wildman–Crippen LogP) is 3.93. The maximum absolute atomic E-state index is 13.3. The third-order valence-electron chi connectivity index (χ3n) is 4.90. The van der Waals surface area contributed by atoms with Crippen LogP contribution in [0.4, 0.5) is 5.69 Å². The van der Waals surface area contributed by atoms with E-state index in [2.05, 4.69) is 0 Å². The van der Waals surface area contributed by atoms with Gasteiger partial charge in [-0.3, -0.25) is 9.10 Å². The van der Waals surface area contributed by atoms with Gasteiger partial charge in [0.1, 0.15) is 0 Å². The Bertz CT molecular complexity index is 1200. The summed E-state index contributed by atoms with van der Waals surface area (Å²) >= 11 is 1.27. The average Bonchev–Trinajstić information content (AvgIpc) is 3.39. The first-order valence-electron chi connectivity index (χ1n) is 9.34. The first-order valence-corrected chi connectivity index (χ1v) is 11.7. The Morgan fingerprint density at radius 3 is 2.67 bits per heavy atom. The molecule has 30 heavy (non-hydrogen) atoms. The number of benzene rings is 2. The van der Waals surface area contributed by atoms with Crippen LogP contribution < -0.4 is 4.31 Å². The van der Waals surface area contributed by atoms with E-state index in [1.807, 2.05) is 19.1 Å². The minimum absolute atomic E-state index is 0.00471. The molecular weight excluding hydrogens is 422 g/mol. The number of rotatable bonds is 6. The Kier molecular flexibility index (Phi) is 5.44. The standard InChI is InChI=1S/C22H19NO5S2/c1-15-12-16-6-2-3-9-19(16)23(15)30(26,27)18-8-4-7-17(13-18)22(25)28-14-20(24)21-10-5-11-29-21/h2-11,13,15H,12,14H2,1H3/t15-/m1/s1. The number of ketones is 1. The zero-order valence-corrected chi connectivity index (χ0v) is 17.8. The minimum atomic E-state index is -3.86. The summed E-state index contributed by atoms with van der Waals surface area (Å²) < 4.78 is 33.1. The lowest BCUT2D eigenvalue weighted by atomic mass is 10.1. The van der Waals surface area contributed by atoms with E-state index in [1.54, 1.807) is 29.6 Å². The largest absolute Gasteiger partial charge is 0.454 e. The van der Waals surface area contributed by atoms with Gasteiger partial charge in [-0.05, 0) is 54.6 Å². The number of esters is 1. The summed E-state index contributed by atoms with van der Waals surface area (Å²) in [5.41, 5.74) is 1.70. The Labute approximate surface area is 178 Å². The van der Waals surface area contributed by atoms with Crippen molar-refractivity contribution in [3.8, 4) is 0 Å². The van der Waals surface area contributed by atoms with Crippen molar-refractivity contribution in [2.75, 3.05) is 10.9 Å². The third kappa shape index (κ3) is 3.76. The number of Topliss-reactive ketones (excluding diaryl/α,β-unsaturated/α-hetero) is 1. The van der Waals surface area contributed by atoms with E-state index >= 15 is 0 Å². The molecule has 0 aliphatic carbocycles. The Hall–Kier alpha value is -2.97. The van der Waals surface area contributed by atoms with Crippen LogP contribution in [0.3, 0.4) is 0 Å². The summed E-state index contributed by atoms with van der Waals surface area (Å²) in [6.07, 6.45) is 0.627. The Morgan fingerprint density at radius 1 is 1.10 bits per heavy atom. The van der Waals surface area contributed by atoms with Gasteiger partial charge in [-0.2, -0.15) is 0 Å². The van der Waals surface area contributed by atoms with Gasteiger partial charge in [0.25, 0.3) is 10.0 Å². The molecule has 2 heterocycles. The fourth-order valence-electron chi connectivity index (χ4n) is 3.52. The highest BCUT2D eigenvalue weighted by molar-refractivity contribution is 7.92. The first-order chi connectivity index (χ1) is 14.4. The van der Waals surface area contributed by atoms with Crippen LogP contribution in [-0.4, -0.2) is 32.8 Å². The molecule has 0 saturated carbocycles. The van der Waals surface area contributed by atoms with E-state index in [0.717, 1.165) is 5.56 Å². The molecule has 0 saturated heterocycles. The molecule has 0 radical (unpaired) electrons. The Morgan fingerprint density at radius 2 is 1.90 bits per heavy atom. The van der Waals surface area contributed by atoms with Gasteiger partial charge in [0.05, 0.1) is 21.0 Å². The lowest BCUT2D eigenvalue weighted by Gasteiger charge is -2.24. The van der Waals surface area contributed by atoms with Crippen LogP contribution >= 0.6 is 11.3 Å². The quantitative estimate of drug-likeness (QED) is 0.428. The molecule has 4 rings (SSSR count). The molecule has 0 fully saturated rings. The maximum atomic E-state index is 13.3. The molecule has 3 aromatic rings. The van der Waals surface area contributed by atoms with Crippen LogP contribution in [0.1, 0.15) is 32.5 Å². The van der Waals surface area contributed by atoms with Crippen molar-refractivity contribution in [3.05, 3.63) is 82.0 Å². The van der Waals surface area contributed by atoms with Crippen molar-refractivity contribution in [1.82, 2.24) is 0 Å². The highest BCUT2D eigenvalue weighted by atomic mass is 32.2. The van der Waals surface area contributed by atoms with Crippen molar-refractivity contribution in [2.24, 2.45) is 0 Å². The summed E-state index contributed by atoms with van der Waals surface area (Å²) in [5.74, 6) is -1.04. The number of nitrogens with zero attached hydrogens (tertiary/aromatic N) is 1. The number of carbonyl (C=O) groups excluding carboxylic acids is 2. The number of thiophene rings is 1. The minimum Gasteiger partial charge on any atom is -0.454 e. The van der Waals surface area contributed by atoms with Crippen molar-refractivity contribution in [3.63, 3.8) is 0 Å². The van der Waals surface area contributed by atoms with E-state index in [9.17, 15) is 18.0 Å². The fourth-order valence-corrected chi connectivity index (χ4v) is 5.91. The number of carbonyl (C=O) groups is 2. The van der Waals surface area contributed by atoms with Crippen molar-refractivity contribution in [1.29, 1.82) is 0 Å². The molecule has 0 amide bonds. The van der Waals surface area contributed by atoms with Crippen LogP contribution in [0.25, 0.3) is 0 Å². The number of hydrogen-bond acceptors (Lipinski definition) is 6. The number of hydrogen-bond donors (Lipinski definition) is 0. The van der Waals surface area contributed by atoms with Crippen LogP contribution in [0, 0.1) is 0 Å². The number of sulfonamides is 1. The number of ether oxygens (including phenoxy) is 1. The van der Waals surface area contributed by atoms with Gasteiger partial charge in [-0.1, -0.05) is 30.3 Å². The summed E-state index contributed by atoms with van der Waals surface area (Å²) in [6.45, 7) is 1.46. The smallest absolute Gasteiger partial charge is 0.338 e.